The van der Waals surface area contributed by atoms with E-state index in [1.54, 1.807) is 6.92 Å². The van der Waals surface area contributed by atoms with Crippen LogP contribution in [0.3, 0.4) is 0 Å². The molecule has 0 saturated carbocycles. The summed E-state index contributed by atoms with van der Waals surface area (Å²) in [6.45, 7) is 3.05. The standard InChI is InChI=1S/C11H13BrO3/c1-7(13)8-5-9(12)11-10(6-8)14-3-2-4-15-11/h5-7,13H,2-4H2,1H3. The molecule has 0 aromatic heterocycles. The zero-order valence-electron chi connectivity index (χ0n) is 8.50. The highest BCUT2D eigenvalue weighted by Crippen LogP contribution is 2.39. The Kier molecular flexibility index (Phi) is 3.17. The maximum Gasteiger partial charge on any atom is 0.175 e. The van der Waals surface area contributed by atoms with Crippen LogP contribution in [0.1, 0.15) is 25.0 Å². The summed E-state index contributed by atoms with van der Waals surface area (Å²) >= 11 is 3.42. The molecule has 1 atom stereocenters. The van der Waals surface area contributed by atoms with Gasteiger partial charge in [-0.15, -0.1) is 0 Å². The molecule has 82 valence electrons. The Balaban J connectivity index is 2.44. The number of benzene rings is 1. The molecule has 15 heavy (non-hydrogen) atoms. The summed E-state index contributed by atoms with van der Waals surface area (Å²) in [6.07, 6.45) is 0.379. The minimum absolute atomic E-state index is 0.501. The Bertz CT molecular complexity index is 363. The first-order valence-electron chi connectivity index (χ1n) is 4.95. The predicted octanol–water partition coefficient (Wildman–Crippen LogP) is 2.66. The summed E-state index contributed by atoms with van der Waals surface area (Å²) < 4.78 is 11.9. The molecule has 1 aromatic carbocycles. The van der Waals surface area contributed by atoms with Crippen LogP contribution in [0.5, 0.6) is 11.5 Å². The molecular weight excluding hydrogens is 260 g/mol. The first kappa shape index (κ1) is 10.8. The van der Waals surface area contributed by atoms with Crippen molar-refractivity contribution >= 4 is 15.9 Å². The highest BCUT2D eigenvalue weighted by atomic mass is 79.9. The Hall–Kier alpha value is -0.740. The molecule has 0 fully saturated rings. The number of hydrogen-bond donors (Lipinski definition) is 1. The highest BCUT2D eigenvalue weighted by molar-refractivity contribution is 9.10. The van der Waals surface area contributed by atoms with Gasteiger partial charge in [0.25, 0.3) is 0 Å². The molecule has 3 nitrogen and oxygen atoms in total. The van der Waals surface area contributed by atoms with Crippen LogP contribution >= 0.6 is 15.9 Å². The van der Waals surface area contributed by atoms with E-state index in [2.05, 4.69) is 15.9 Å². The summed E-state index contributed by atoms with van der Waals surface area (Å²) in [5, 5.41) is 9.50. The first-order chi connectivity index (χ1) is 7.18. The summed E-state index contributed by atoms with van der Waals surface area (Å²) in [6, 6.07) is 3.69. The Morgan fingerprint density at radius 1 is 1.33 bits per heavy atom. The van der Waals surface area contributed by atoms with Gasteiger partial charge in [0, 0.05) is 6.42 Å². The first-order valence-corrected chi connectivity index (χ1v) is 5.75. The largest absolute Gasteiger partial charge is 0.490 e. The number of fused-ring (bicyclic) bond motifs is 1. The third kappa shape index (κ3) is 2.26. The van der Waals surface area contributed by atoms with E-state index < -0.39 is 6.10 Å². The van der Waals surface area contributed by atoms with Crippen LogP contribution in [-0.4, -0.2) is 18.3 Å². The van der Waals surface area contributed by atoms with E-state index in [9.17, 15) is 5.11 Å². The Morgan fingerprint density at radius 2 is 2.07 bits per heavy atom. The molecule has 0 saturated heterocycles. The topological polar surface area (TPSA) is 38.7 Å². The van der Waals surface area contributed by atoms with E-state index in [4.69, 9.17) is 9.47 Å². The highest BCUT2D eigenvalue weighted by Gasteiger charge is 2.16. The average Bonchev–Trinajstić information content (AvgIpc) is 2.42. The van der Waals surface area contributed by atoms with E-state index >= 15 is 0 Å². The maximum absolute atomic E-state index is 9.50. The minimum Gasteiger partial charge on any atom is -0.490 e. The van der Waals surface area contributed by atoms with Gasteiger partial charge in [0.2, 0.25) is 0 Å². The molecule has 0 bridgehead atoms. The van der Waals surface area contributed by atoms with Crippen molar-refractivity contribution in [3.05, 3.63) is 22.2 Å². The van der Waals surface area contributed by atoms with Crippen LogP contribution in [0.25, 0.3) is 0 Å². The lowest BCUT2D eigenvalue weighted by atomic mass is 10.1. The van der Waals surface area contributed by atoms with Gasteiger partial charge in [-0.25, -0.2) is 0 Å². The molecule has 0 aliphatic carbocycles. The lowest BCUT2D eigenvalue weighted by molar-refractivity contribution is 0.198. The smallest absolute Gasteiger partial charge is 0.175 e. The van der Waals surface area contributed by atoms with Gasteiger partial charge in [-0.3, -0.25) is 0 Å². The molecule has 2 rings (SSSR count). The van der Waals surface area contributed by atoms with Gasteiger partial charge >= 0.3 is 0 Å². The molecule has 1 aromatic rings. The van der Waals surface area contributed by atoms with E-state index in [0.717, 1.165) is 22.2 Å². The Labute approximate surface area is 97.1 Å². The van der Waals surface area contributed by atoms with Crippen molar-refractivity contribution in [1.29, 1.82) is 0 Å². The molecule has 0 radical (unpaired) electrons. The van der Waals surface area contributed by atoms with Crippen molar-refractivity contribution in [1.82, 2.24) is 0 Å². The molecule has 1 heterocycles. The molecular formula is C11H13BrO3. The van der Waals surface area contributed by atoms with Crippen LogP contribution in [0, 0.1) is 0 Å². The van der Waals surface area contributed by atoms with Crippen LogP contribution in [0.15, 0.2) is 16.6 Å². The van der Waals surface area contributed by atoms with Gasteiger partial charge in [-0.1, -0.05) is 0 Å². The van der Waals surface area contributed by atoms with Gasteiger partial charge in [-0.05, 0) is 40.5 Å². The summed E-state index contributed by atoms with van der Waals surface area (Å²) in [5.41, 5.74) is 0.825. The van der Waals surface area contributed by atoms with E-state index in [1.165, 1.54) is 0 Å². The van der Waals surface area contributed by atoms with Crippen molar-refractivity contribution in [2.45, 2.75) is 19.4 Å². The van der Waals surface area contributed by atoms with E-state index in [0.29, 0.717) is 19.0 Å². The van der Waals surface area contributed by atoms with Crippen LogP contribution in [-0.2, 0) is 0 Å². The lowest BCUT2D eigenvalue weighted by Crippen LogP contribution is -1.97. The molecule has 1 N–H and O–H groups in total. The van der Waals surface area contributed by atoms with Gasteiger partial charge in [0.05, 0.1) is 23.8 Å². The zero-order valence-corrected chi connectivity index (χ0v) is 10.1. The van der Waals surface area contributed by atoms with Crippen molar-refractivity contribution in [3.8, 4) is 11.5 Å². The predicted molar refractivity (Wildman–Crippen MR) is 60.4 cm³/mol. The third-order valence-electron chi connectivity index (χ3n) is 2.31. The van der Waals surface area contributed by atoms with Gasteiger partial charge in [-0.2, -0.15) is 0 Å². The second-order valence-electron chi connectivity index (χ2n) is 3.56. The number of rotatable bonds is 1. The number of ether oxygens (including phenoxy) is 2. The number of aliphatic hydroxyl groups is 1. The number of aliphatic hydroxyl groups excluding tert-OH is 1. The molecule has 0 amide bonds. The second kappa shape index (κ2) is 4.41. The van der Waals surface area contributed by atoms with E-state index in [-0.39, 0.29) is 0 Å². The number of hydrogen-bond acceptors (Lipinski definition) is 3. The van der Waals surface area contributed by atoms with Gasteiger partial charge in [0.1, 0.15) is 0 Å². The molecule has 0 spiro atoms. The lowest BCUT2D eigenvalue weighted by Gasteiger charge is -2.12. The van der Waals surface area contributed by atoms with Gasteiger partial charge in [0.15, 0.2) is 11.5 Å². The fourth-order valence-corrected chi connectivity index (χ4v) is 2.07. The van der Waals surface area contributed by atoms with E-state index in [1.807, 2.05) is 12.1 Å². The fourth-order valence-electron chi connectivity index (χ4n) is 1.49. The Morgan fingerprint density at radius 3 is 2.80 bits per heavy atom. The summed E-state index contributed by atoms with van der Waals surface area (Å²) in [4.78, 5) is 0. The normalized spacial score (nSPS) is 17.0. The third-order valence-corrected chi connectivity index (χ3v) is 2.90. The zero-order chi connectivity index (χ0) is 10.8. The monoisotopic (exact) mass is 272 g/mol. The van der Waals surface area contributed by atoms with Gasteiger partial charge < -0.3 is 14.6 Å². The average molecular weight is 273 g/mol. The molecule has 1 unspecified atom stereocenters. The SMILES string of the molecule is CC(O)c1cc(Br)c2c(c1)OCCCO2. The van der Waals surface area contributed by atoms with Crippen molar-refractivity contribution in [2.75, 3.05) is 13.2 Å². The molecule has 1 aliphatic rings. The van der Waals surface area contributed by atoms with Crippen molar-refractivity contribution < 1.29 is 14.6 Å². The summed E-state index contributed by atoms with van der Waals surface area (Å²) in [7, 11) is 0. The van der Waals surface area contributed by atoms with Crippen LogP contribution in [0.2, 0.25) is 0 Å². The van der Waals surface area contributed by atoms with Crippen LogP contribution < -0.4 is 9.47 Å². The van der Waals surface area contributed by atoms with Crippen molar-refractivity contribution in [3.63, 3.8) is 0 Å². The van der Waals surface area contributed by atoms with Crippen molar-refractivity contribution in [2.24, 2.45) is 0 Å². The number of halogens is 1. The maximum atomic E-state index is 9.50. The fraction of sp³-hybridized carbons (Fsp3) is 0.455. The quantitative estimate of drug-likeness (QED) is 0.855. The summed E-state index contributed by atoms with van der Waals surface area (Å²) in [5.74, 6) is 1.44. The van der Waals surface area contributed by atoms with Crippen LogP contribution in [0.4, 0.5) is 0 Å². The second-order valence-corrected chi connectivity index (χ2v) is 4.41. The molecule has 4 heteroatoms. The minimum atomic E-state index is -0.501. The molecule has 1 aliphatic heterocycles.